The smallest absolute Gasteiger partial charge is 0.407 e. The second kappa shape index (κ2) is 4.37. The van der Waals surface area contributed by atoms with Gasteiger partial charge in [-0.25, -0.2) is 4.79 Å². The highest BCUT2D eigenvalue weighted by molar-refractivity contribution is 5.65. The van der Waals surface area contributed by atoms with Gasteiger partial charge in [0.1, 0.15) is 0 Å². The number of hydrogen-bond donors (Lipinski definition) is 2. The van der Waals surface area contributed by atoms with Gasteiger partial charge in [0.25, 0.3) is 0 Å². The van der Waals surface area contributed by atoms with Gasteiger partial charge in [-0.15, -0.1) is 0 Å². The molecule has 1 saturated carbocycles. The highest BCUT2D eigenvalue weighted by Crippen LogP contribution is 2.31. The lowest BCUT2D eigenvalue weighted by atomic mass is 9.79. The fraction of sp³-hybridized carbons (Fsp3) is 0.900. The molecule has 0 aromatic carbocycles. The van der Waals surface area contributed by atoms with E-state index >= 15 is 0 Å². The largest absolute Gasteiger partial charge is 0.465 e. The summed E-state index contributed by atoms with van der Waals surface area (Å²) >= 11 is 0. The van der Waals surface area contributed by atoms with Gasteiger partial charge in [-0.05, 0) is 18.8 Å². The fourth-order valence-electron chi connectivity index (χ4n) is 2.43. The first-order chi connectivity index (χ1) is 7.20. The second-order valence-electron chi connectivity index (χ2n) is 4.48. The summed E-state index contributed by atoms with van der Waals surface area (Å²) in [6, 6.07) is 0.582. The van der Waals surface area contributed by atoms with E-state index in [9.17, 15) is 4.79 Å². The zero-order valence-electron chi connectivity index (χ0n) is 8.80. The summed E-state index contributed by atoms with van der Waals surface area (Å²) in [5, 5.41) is 17.7. The fourth-order valence-corrected chi connectivity index (χ4v) is 2.43. The monoisotopic (exact) mass is 214 g/mol. The first kappa shape index (κ1) is 10.7. The summed E-state index contributed by atoms with van der Waals surface area (Å²) in [5.41, 5.74) is 0. The van der Waals surface area contributed by atoms with E-state index in [0.29, 0.717) is 31.7 Å². The van der Waals surface area contributed by atoms with Gasteiger partial charge in [0, 0.05) is 38.8 Å². The number of aliphatic hydroxyl groups is 1. The zero-order valence-corrected chi connectivity index (χ0v) is 8.80. The van der Waals surface area contributed by atoms with E-state index in [2.05, 4.69) is 4.90 Å². The number of aliphatic hydroxyl groups excluding tert-OH is 1. The molecule has 2 N–H and O–H groups in total. The molecule has 5 heteroatoms. The summed E-state index contributed by atoms with van der Waals surface area (Å²) in [6.07, 6.45) is 1.34. The Hall–Kier alpha value is -0.810. The van der Waals surface area contributed by atoms with Gasteiger partial charge < -0.3 is 15.1 Å². The maximum atomic E-state index is 10.7. The van der Waals surface area contributed by atoms with Gasteiger partial charge in [0.15, 0.2) is 0 Å². The van der Waals surface area contributed by atoms with Gasteiger partial charge in [0.05, 0.1) is 0 Å². The standard InChI is InChI=1S/C10H18N2O3/c13-7-8-5-9(6-8)11-1-3-12(4-2-11)10(14)15/h8-9,13H,1-7H2,(H,14,15)/t8-,9+. The average Bonchev–Trinajstić information content (AvgIpc) is 2.17. The number of carbonyl (C=O) groups is 1. The second-order valence-corrected chi connectivity index (χ2v) is 4.48. The van der Waals surface area contributed by atoms with Crippen molar-refractivity contribution in [2.24, 2.45) is 5.92 Å². The Labute approximate surface area is 89.3 Å². The van der Waals surface area contributed by atoms with Crippen LogP contribution in [-0.4, -0.2) is 64.9 Å². The van der Waals surface area contributed by atoms with Gasteiger partial charge in [-0.3, -0.25) is 4.90 Å². The van der Waals surface area contributed by atoms with Crippen molar-refractivity contribution in [2.75, 3.05) is 32.8 Å². The van der Waals surface area contributed by atoms with E-state index in [4.69, 9.17) is 10.2 Å². The summed E-state index contributed by atoms with van der Waals surface area (Å²) in [6.45, 7) is 3.22. The highest BCUT2D eigenvalue weighted by Gasteiger charge is 2.34. The molecule has 0 aromatic rings. The van der Waals surface area contributed by atoms with E-state index in [-0.39, 0.29) is 0 Å². The van der Waals surface area contributed by atoms with Crippen molar-refractivity contribution in [3.05, 3.63) is 0 Å². The molecule has 2 rings (SSSR count). The quantitative estimate of drug-likeness (QED) is 0.682. The minimum Gasteiger partial charge on any atom is -0.465 e. The molecule has 5 nitrogen and oxygen atoms in total. The molecule has 1 aliphatic heterocycles. The molecule has 1 saturated heterocycles. The normalized spacial score (nSPS) is 32.5. The summed E-state index contributed by atoms with van der Waals surface area (Å²) in [7, 11) is 0. The highest BCUT2D eigenvalue weighted by atomic mass is 16.4. The van der Waals surface area contributed by atoms with Crippen molar-refractivity contribution in [2.45, 2.75) is 18.9 Å². The molecular weight excluding hydrogens is 196 g/mol. The van der Waals surface area contributed by atoms with Crippen LogP contribution < -0.4 is 0 Å². The SMILES string of the molecule is O=C(O)N1CCN([C@H]2C[C@@H](CO)C2)CC1. The summed E-state index contributed by atoms with van der Waals surface area (Å²) < 4.78 is 0. The Morgan fingerprint density at radius 1 is 1.20 bits per heavy atom. The topological polar surface area (TPSA) is 64.0 Å². The van der Waals surface area contributed by atoms with E-state index in [1.807, 2.05) is 0 Å². The molecule has 0 bridgehead atoms. The number of hydrogen-bond acceptors (Lipinski definition) is 3. The molecule has 2 aliphatic rings. The Morgan fingerprint density at radius 3 is 2.27 bits per heavy atom. The Kier molecular flexibility index (Phi) is 3.11. The maximum Gasteiger partial charge on any atom is 0.407 e. The lowest BCUT2D eigenvalue weighted by Gasteiger charge is -2.45. The molecule has 0 radical (unpaired) electrons. The van der Waals surface area contributed by atoms with Crippen LogP contribution in [0.4, 0.5) is 4.79 Å². The van der Waals surface area contributed by atoms with Gasteiger partial charge in [-0.2, -0.15) is 0 Å². The maximum absolute atomic E-state index is 10.7. The Balaban J connectivity index is 1.73. The molecule has 1 amide bonds. The van der Waals surface area contributed by atoms with Crippen LogP contribution in [0.15, 0.2) is 0 Å². The van der Waals surface area contributed by atoms with E-state index in [0.717, 1.165) is 25.9 Å². The molecule has 1 heterocycles. The third-order valence-corrected chi connectivity index (χ3v) is 3.57. The minimum absolute atomic E-state index is 0.297. The molecule has 0 aromatic heterocycles. The van der Waals surface area contributed by atoms with Crippen LogP contribution in [0.2, 0.25) is 0 Å². The average molecular weight is 214 g/mol. The van der Waals surface area contributed by atoms with Crippen LogP contribution in [-0.2, 0) is 0 Å². The minimum atomic E-state index is -0.809. The molecule has 15 heavy (non-hydrogen) atoms. The molecule has 0 unspecified atom stereocenters. The number of amides is 1. The van der Waals surface area contributed by atoms with Crippen LogP contribution in [0.1, 0.15) is 12.8 Å². The molecular formula is C10H18N2O3. The van der Waals surface area contributed by atoms with E-state index in [1.165, 1.54) is 4.90 Å². The van der Waals surface area contributed by atoms with Crippen molar-refractivity contribution in [3.63, 3.8) is 0 Å². The lowest BCUT2D eigenvalue weighted by molar-refractivity contribution is 0.0166. The number of rotatable bonds is 2. The Morgan fingerprint density at radius 2 is 1.80 bits per heavy atom. The van der Waals surface area contributed by atoms with Gasteiger partial charge in [0.2, 0.25) is 0 Å². The molecule has 1 aliphatic carbocycles. The van der Waals surface area contributed by atoms with Crippen molar-refractivity contribution in [1.82, 2.24) is 9.80 Å². The molecule has 0 atom stereocenters. The predicted molar refractivity (Wildman–Crippen MR) is 54.8 cm³/mol. The molecule has 86 valence electrons. The van der Waals surface area contributed by atoms with Crippen LogP contribution in [0.3, 0.4) is 0 Å². The van der Waals surface area contributed by atoms with Crippen molar-refractivity contribution in [3.8, 4) is 0 Å². The summed E-state index contributed by atoms with van der Waals surface area (Å²) in [4.78, 5) is 14.5. The molecule has 2 fully saturated rings. The van der Waals surface area contributed by atoms with Crippen LogP contribution in [0.5, 0.6) is 0 Å². The van der Waals surface area contributed by atoms with Gasteiger partial charge >= 0.3 is 6.09 Å². The van der Waals surface area contributed by atoms with Crippen LogP contribution >= 0.6 is 0 Å². The number of carboxylic acid groups (broad SMARTS) is 1. The first-order valence-electron chi connectivity index (χ1n) is 5.53. The third kappa shape index (κ3) is 2.23. The van der Waals surface area contributed by atoms with E-state index in [1.54, 1.807) is 0 Å². The van der Waals surface area contributed by atoms with E-state index < -0.39 is 6.09 Å². The van der Waals surface area contributed by atoms with Crippen molar-refractivity contribution >= 4 is 6.09 Å². The molecule has 0 spiro atoms. The summed E-state index contributed by atoms with van der Waals surface area (Å²) in [5.74, 6) is 0.479. The predicted octanol–water partition coefficient (Wildman–Crippen LogP) is 0.0529. The van der Waals surface area contributed by atoms with Crippen molar-refractivity contribution in [1.29, 1.82) is 0 Å². The number of piperazine rings is 1. The Bertz CT molecular complexity index is 233. The van der Waals surface area contributed by atoms with Crippen LogP contribution in [0, 0.1) is 5.92 Å². The third-order valence-electron chi connectivity index (χ3n) is 3.57. The van der Waals surface area contributed by atoms with Crippen molar-refractivity contribution < 1.29 is 15.0 Å². The lowest BCUT2D eigenvalue weighted by Crippen LogP contribution is -2.55. The first-order valence-corrected chi connectivity index (χ1v) is 5.53. The zero-order chi connectivity index (χ0) is 10.8. The van der Waals surface area contributed by atoms with Crippen LogP contribution in [0.25, 0.3) is 0 Å². The number of nitrogens with zero attached hydrogens (tertiary/aromatic N) is 2. The van der Waals surface area contributed by atoms with Gasteiger partial charge in [-0.1, -0.05) is 0 Å².